The highest BCUT2D eigenvalue weighted by Gasteiger charge is 2.30. The minimum atomic E-state index is 0.214. The third kappa shape index (κ3) is 4.41. The summed E-state index contributed by atoms with van der Waals surface area (Å²) in [4.78, 5) is 14.3. The van der Waals surface area contributed by atoms with Gasteiger partial charge in [-0.2, -0.15) is 0 Å². The van der Waals surface area contributed by atoms with Gasteiger partial charge in [0, 0.05) is 32.0 Å². The summed E-state index contributed by atoms with van der Waals surface area (Å²) in [7, 11) is 0. The molecule has 18 heavy (non-hydrogen) atoms. The van der Waals surface area contributed by atoms with Gasteiger partial charge >= 0.3 is 0 Å². The predicted molar refractivity (Wildman–Crippen MR) is 77.5 cm³/mol. The number of hydrogen-bond acceptors (Lipinski definition) is 2. The molecule has 2 unspecified atom stereocenters. The van der Waals surface area contributed by atoms with Crippen LogP contribution in [0.25, 0.3) is 0 Å². The summed E-state index contributed by atoms with van der Waals surface area (Å²) < 4.78 is 0. The van der Waals surface area contributed by atoms with Crippen molar-refractivity contribution in [3.63, 3.8) is 0 Å². The molecule has 0 aliphatic heterocycles. The first-order valence-corrected chi connectivity index (χ1v) is 7.05. The van der Waals surface area contributed by atoms with Gasteiger partial charge in [-0.1, -0.05) is 26.0 Å². The Morgan fingerprint density at radius 1 is 1.33 bits per heavy atom. The van der Waals surface area contributed by atoms with Crippen LogP contribution < -0.4 is 0 Å². The number of hydrogen-bond donors (Lipinski definition) is 0. The highest BCUT2D eigenvalue weighted by Crippen LogP contribution is 2.32. The average Bonchev–Trinajstić information content (AvgIpc) is 2.32. The van der Waals surface area contributed by atoms with Crippen molar-refractivity contribution in [1.29, 1.82) is 0 Å². The van der Waals surface area contributed by atoms with E-state index in [-0.39, 0.29) is 5.92 Å². The van der Waals surface area contributed by atoms with Gasteiger partial charge in [-0.15, -0.1) is 13.2 Å². The number of nitrogens with zero attached hydrogens (tertiary/aromatic N) is 1. The van der Waals surface area contributed by atoms with Crippen molar-refractivity contribution in [2.24, 2.45) is 17.8 Å². The molecule has 1 fully saturated rings. The Morgan fingerprint density at radius 3 is 2.44 bits per heavy atom. The molecule has 2 nitrogen and oxygen atoms in total. The quantitative estimate of drug-likeness (QED) is 0.645. The van der Waals surface area contributed by atoms with Gasteiger partial charge in [0.15, 0.2) is 0 Å². The van der Waals surface area contributed by atoms with Crippen LogP contribution in [0.15, 0.2) is 25.3 Å². The molecule has 102 valence electrons. The Balaban J connectivity index is 2.58. The average molecular weight is 249 g/mol. The van der Waals surface area contributed by atoms with E-state index in [4.69, 9.17) is 0 Å². The SMILES string of the molecule is C=CCN(CC=C)CC1CC(C(C)C)CCC1=O. The Labute approximate surface area is 112 Å². The third-order valence-electron chi connectivity index (χ3n) is 4.00. The Hall–Kier alpha value is -0.890. The summed E-state index contributed by atoms with van der Waals surface area (Å²) in [5.74, 6) is 2.06. The molecule has 0 aromatic carbocycles. The molecule has 0 N–H and O–H groups in total. The first kappa shape index (κ1) is 15.2. The molecule has 0 spiro atoms. The van der Waals surface area contributed by atoms with Crippen LogP contribution in [0.3, 0.4) is 0 Å². The number of carbonyl (C=O) groups excluding carboxylic acids is 1. The second kappa shape index (κ2) is 7.52. The van der Waals surface area contributed by atoms with Crippen LogP contribution in [0.5, 0.6) is 0 Å². The van der Waals surface area contributed by atoms with Gasteiger partial charge in [0.05, 0.1) is 0 Å². The van der Waals surface area contributed by atoms with E-state index in [0.717, 1.165) is 38.9 Å². The lowest BCUT2D eigenvalue weighted by Crippen LogP contribution is -2.37. The predicted octanol–water partition coefficient (Wildman–Crippen LogP) is 3.30. The van der Waals surface area contributed by atoms with Crippen molar-refractivity contribution < 1.29 is 4.79 Å². The first-order chi connectivity index (χ1) is 8.58. The molecule has 0 aromatic heterocycles. The van der Waals surface area contributed by atoms with E-state index in [2.05, 4.69) is 31.9 Å². The lowest BCUT2D eigenvalue weighted by Gasteiger charge is -2.33. The van der Waals surface area contributed by atoms with E-state index in [1.807, 2.05) is 12.2 Å². The minimum absolute atomic E-state index is 0.214. The van der Waals surface area contributed by atoms with Crippen molar-refractivity contribution >= 4 is 5.78 Å². The third-order valence-corrected chi connectivity index (χ3v) is 4.00. The maximum Gasteiger partial charge on any atom is 0.137 e. The highest BCUT2D eigenvalue weighted by molar-refractivity contribution is 5.82. The first-order valence-electron chi connectivity index (χ1n) is 7.05. The van der Waals surface area contributed by atoms with Gasteiger partial charge in [0.1, 0.15) is 5.78 Å². The van der Waals surface area contributed by atoms with E-state index in [9.17, 15) is 4.79 Å². The Morgan fingerprint density at radius 2 is 1.94 bits per heavy atom. The molecule has 1 aliphatic carbocycles. The molecule has 1 saturated carbocycles. The largest absolute Gasteiger partial charge is 0.299 e. The zero-order chi connectivity index (χ0) is 13.5. The van der Waals surface area contributed by atoms with Crippen LogP contribution in [0, 0.1) is 17.8 Å². The highest BCUT2D eigenvalue weighted by atomic mass is 16.1. The number of carbonyl (C=O) groups is 1. The maximum absolute atomic E-state index is 12.0. The van der Waals surface area contributed by atoms with Gasteiger partial charge in [-0.3, -0.25) is 9.69 Å². The van der Waals surface area contributed by atoms with Gasteiger partial charge in [0.2, 0.25) is 0 Å². The smallest absolute Gasteiger partial charge is 0.137 e. The van der Waals surface area contributed by atoms with Crippen molar-refractivity contribution in [3.8, 4) is 0 Å². The number of Topliss-reactive ketones (excluding diaryl/α,β-unsaturated/α-hetero) is 1. The molecule has 0 saturated heterocycles. The molecular formula is C16H27NO. The standard InChI is InChI=1S/C16H27NO/c1-5-9-17(10-6-2)12-15-11-14(13(3)4)7-8-16(15)18/h5-6,13-15H,1-2,7-12H2,3-4H3. The maximum atomic E-state index is 12.0. The van der Waals surface area contributed by atoms with Crippen LogP contribution in [0.4, 0.5) is 0 Å². The van der Waals surface area contributed by atoms with Crippen LogP contribution >= 0.6 is 0 Å². The zero-order valence-electron chi connectivity index (χ0n) is 11.9. The molecule has 0 bridgehead atoms. The van der Waals surface area contributed by atoms with Crippen molar-refractivity contribution in [2.75, 3.05) is 19.6 Å². The van der Waals surface area contributed by atoms with E-state index in [0.29, 0.717) is 17.6 Å². The fourth-order valence-corrected chi connectivity index (χ4v) is 2.83. The van der Waals surface area contributed by atoms with Gasteiger partial charge in [0.25, 0.3) is 0 Å². The fraction of sp³-hybridized carbons (Fsp3) is 0.688. The summed E-state index contributed by atoms with van der Waals surface area (Å²) in [6.07, 6.45) is 6.70. The van der Waals surface area contributed by atoms with Crippen molar-refractivity contribution in [2.45, 2.75) is 33.1 Å². The molecule has 1 rings (SSSR count). The topological polar surface area (TPSA) is 20.3 Å². The van der Waals surface area contributed by atoms with Crippen LogP contribution in [0.1, 0.15) is 33.1 Å². The summed E-state index contributed by atoms with van der Waals surface area (Å²) in [5.41, 5.74) is 0. The Bertz CT molecular complexity index is 285. The monoisotopic (exact) mass is 249 g/mol. The van der Waals surface area contributed by atoms with Gasteiger partial charge in [-0.05, 0) is 24.7 Å². The van der Waals surface area contributed by atoms with Crippen LogP contribution in [-0.4, -0.2) is 30.3 Å². The van der Waals surface area contributed by atoms with Crippen LogP contribution in [0.2, 0.25) is 0 Å². The molecule has 0 aromatic rings. The van der Waals surface area contributed by atoms with Crippen molar-refractivity contribution in [3.05, 3.63) is 25.3 Å². The molecule has 0 amide bonds. The molecule has 0 heterocycles. The van der Waals surface area contributed by atoms with E-state index in [1.165, 1.54) is 0 Å². The lowest BCUT2D eigenvalue weighted by molar-refractivity contribution is -0.126. The molecule has 0 radical (unpaired) electrons. The summed E-state index contributed by atoms with van der Waals surface area (Å²) in [6.45, 7) is 14.6. The van der Waals surface area contributed by atoms with Gasteiger partial charge in [-0.25, -0.2) is 0 Å². The van der Waals surface area contributed by atoms with E-state index >= 15 is 0 Å². The second-order valence-electron chi connectivity index (χ2n) is 5.74. The summed E-state index contributed by atoms with van der Waals surface area (Å²) in [6, 6.07) is 0. The van der Waals surface area contributed by atoms with E-state index in [1.54, 1.807) is 0 Å². The summed E-state index contributed by atoms with van der Waals surface area (Å²) >= 11 is 0. The fourth-order valence-electron chi connectivity index (χ4n) is 2.83. The van der Waals surface area contributed by atoms with E-state index < -0.39 is 0 Å². The number of rotatable bonds is 7. The Kier molecular flexibility index (Phi) is 6.34. The number of ketones is 1. The molecule has 2 atom stereocenters. The van der Waals surface area contributed by atoms with Crippen molar-refractivity contribution in [1.82, 2.24) is 4.90 Å². The molecule has 1 aliphatic rings. The lowest BCUT2D eigenvalue weighted by atomic mass is 9.75. The van der Waals surface area contributed by atoms with Crippen LogP contribution in [-0.2, 0) is 4.79 Å². The normalized spacial score (nSPS) is 24.6. The summed E-state index contributed by atoms with van der Waals surface area (Å²) in [5, 5.41) is 0. The molecular weight excluding hydrogens is 222 g/mol. The molecule has 2 heteroatoms. The minimum Gasteiger partial charge on any atom is -0.299 e. The van der Waals surface area contributed by atoms with Gasteiger partial charge < -0.3 is 0 Å². The second-order valence-corrected chi connectivity index (χ2v) is 5.74. The zero-order valence-corrected chi connectivity index (χ0v) is 11.9.